The summed E-state index contributed by atoms with van der Waals surface area (Å²) in [6, 6.07) is 12.8. The molecule has 112 valence electrons. The van der Waals surface area contributed by atoms with Gasteiger partial charge in [-0.25, -0.2) is 4.39 Å². The lowest BCUT2D eigenvalue weighted by Crippen LogP contribution is -2.24. The minimum atomic E-state index is -0.207. The number of benzene rings is 2. The molecule has 0 spiro atoms. The maximum Gasteiger partial charge on any atom is 0.123 e. The zero-order valence-corrected chi connectivity index (χ0v) is 12.8. The summed E-state index contributed by atoms with van der Waals surface area (Å²) in [7, 11) is 1.66. The van der Waals surface area contributed by atoms with E-state index in [9.17, 15) is 4.39 Å². The molecule has 0 saturated heterocycles. The van der Waals surface area contributed by atoms with Crippen LogP contribution in [0.15, 0.2) is 42.5 Å². The van der Waals surface area contributed by atoms with Crippen LogP contribution in [0.1, 0.15) is 36.1 Å². The van der Waals surface area contributed by atoms with Crippen LogP contribution in [0.25, 0.3) is 0 Å². The van der Waals surface area contributed by atoms with Gasteiger partial charge in [-0.2, -0.15) is 0 Å². The summed E-state index contributed by atoms with van der Waals surface area (Å²) in [4.78, 5) is 0. The number of aryl methyl sites for hydroxylation is 1. The van der Waals surface area contributed by atoms with Crippen molar-refractivity contribution in [2.45, 2.75) is 26.3 Å². The Labute approximate surface area is 126 Å². The summed E-state index contributed by atoms with van der Waals surface area (Å²) < 4.78 is 18.8. The molecule has 0 aliphatic heterocycles. The Morgan fingerprint density at radius 3 is 2.62 bits per heavy atom. The molecule has 0 amide bonds. The minimum absolute atomic E-state index is 0.00782. The highest BCUT2D eigenvalue weighted by atomic mass is 19.1. The molecule has 2 nitrogen and oxygen atoms in total. The molecule has 0 aliphatic rings. The lowest BCUT2D eigenvalue weighted by Gasteiger charge is -2.22. The van der Waals surface area contributed by atoms with Crippen molar-refractivity contribution in [1.29, 1.82) is 0 Å². The van der Waals surface area contributed by atoms with Crippen LogP contribution in [-0.2, 0) is 0 Å². The van der Waals surface area contributed by atoms with Crippen LogP contribution in [0.2, 0.25) is 0 Å². The molecule has 0 saturated carbocycles. The van der Waals surface area contributed by atoms with Gasteiger partial charge < -0.3 is 10.1 Å². The van der Waals surface area contributed by atoms with E-state index in [0.717, 1.165) is 35.4 Å². The van der Waals surface area contributed by atoms with E-state index in [1.165, 1.54) is 6.07 Å². The molecule has 0 heterocycles. The van der Waals surface area contributed by atoms with Gasteiger partial charge in [0.1, 0.15) is 11.6 Å². The van der Waals surface area contributed by atoms with Gasteiger partial charge in [-0.3, -0.25) is 0 Å². The third-order valence-electron chi connectivity index (χ3n) is 3.57. The lowest BCUT2D eigenvalue weighted by molar-refractivity contribution is 0.414. The molecule has 21 heavy (non-hydrogen) atoms. The molecule has 0 aromatic heterocycles. The standard InChI is InChI=1S/C18H22FNO/c1-4-10-20-18(14-6-5-7-15(19)12-14)17-9-8-16(21-3)11-13(17)2/h5-9,11-12,18,20H,4,10H2,1-3H3. The normalized spacial score (nSPS) is 12.2. The van der Waals surface area contributed by atoms with Gasteiger partial charge >= 0.3 is 0 Å². The van der Waals surface area contributed by atoms with Gasteiger partial charge in [0, 0.05) is 0 Å². The number of hydrogen-bond acceptors (Lipinski definition) is 2. The van der Waals surface area contributed by atoms with Gasteiger partial charge in [0.25, 0.3) is 0 Å². The molecule has 3 heteroatoms. The summed E-state index contributed by atoms with van der Waals surface area (Å²) in [5, 5.41) is 3.50. The van der Waals surface area contributed by atoms with Gasteiger partial charge in [0.2, 0.25) is 0 Å². The first-order chi connectivity index (χ1) is 10.2. The van der Waals surface area contributed by atoms with Crippen molar-refractivity contribution in [2.75, 3.05) is 13.7 Å². The van der Waals surface area contributed by atoms with Crippen molar-refractivity contribution in [3.63, 3.8) is 0 Å². The second kappa shape index (κ2) is 7.23. The molecule has 0 aliphatic carbocycles. The molecule has 1 atom stereocenters. The molecule has 1 N–H and O–H groups in total. The first-order valence-corrected chi connectivity index (χ1v) is 7.29. The van der Waals surface area contributed by atoms with Crippen molar-refractivity contribution in [2.24, 2.45) is 0 Å². The zero-order valence-electron chi connectivity index (χ0n) is 12.8. The molecule has 0 radical (unpaired) electrons. The molecule has 1 unspecified atom stereocenters. The van der Waals surface area contributed by atoms with Gasteiger partial charge in [-0.05, 0) is 60.8 Å². The minimum Gasteiger partial charge on any atom is -0.497 e. The van der Waals surface area contributed by atoms with Crippen molar-refractivity contribution >= 4 is 0 Å². The predicted octanol–water partition coefficient (Wildman–Crippen LogP) is 4.23. The zero-order chi connectivity index (χ0) is 15.2. The van der Waals surface area contributed by atoms with E-state index in [2.05, 4.69) is 19.2 Å². The van der Waals surface area contributed by atoms with Gasteiger partial charge in [0.05, 0.1) is 13.2 Å². The number of rotatable bonds is 6. The van der Waals surface area contributed by atoms with Crippen molar-refractivity contribution in [1.82, 2.24) is 5.32 Å². The van der Waals surface area contributed by atoms with Crippen LogP contribution < -0.4 is 10.1 Å². The summed E-state index contributed by atoms with van der Waals surface area (Å²) in [5.41, 5.74) is 3.22. The Hall–Kier alpha value is -1.87. The second-order valence-electron chi connectivity index (χ2n) is 5.16. The highest BCUT2D eigenvalue weighted by molar-refractivity contribution is 5.41. The van der Waals surface area contributed by atoms with Crippen molar-refractivity contribution in [3.8, 4) is 5.75 Å². The summed E-state index contributed by atoms with van der Waals surface area (Å²) in [6.07, 6.45) is 1.03. The monoisotopic (exact) mass is 287 g/mol. The van der Waals surface area contributed by atoms with E-state index >= 15 is 0 Å². The molecule has 2 aromatic rings. The van der Waals surface area contributed by atoms with Crippen LogP contribution in [-0.4, -0.2) is 13.7 Å². The van der Waals surface area contributed by atoms with E-state index in [0.29, 0.717) is 0 Å². The third-order valence-corrected chi connectivity index (χ3v) is 3.57. The maximum absolute atomic E-state index is 13.5. The molecular formula is C18H22FNO. The first-order valence-electron chi connectivity index (χ1n) is 7.29. The van der Waals surface area contributed by atoms with Gasteiger partial charge in [0.15, 0.2) is 0 Å². The molecule has 2 rings (SSSR count). The summed E-state index contributed by atoms with van der Waals surface area (Å²) >= 11 is 0. The largest absolute Gasteiger partial charge is 0.497 e. The maximum atomic E-state index is 13.5. The van der Waals surface area contributed by atoms with Crippen molar-refractivity contribution in [3.05, 3.63) is 65.0 Å². The fourth-order valence-electron chi connectivity index (χ4n) is 2.48. The Kier molecular flexibility index (Phi) is 5.34. The van der Waals surface area contributed by atoms with Crippen LogP contribution in [0, 0.1) is 12.7 Å². The van der Waals surface area contributed by atoms with Crippen LogP contribution >= 0.6 is 0 Å². The molecule has 2 aromatic carbocycles. The van der Waals surface area contributed by atoms with Gasteiger partial charge in [-0.15, -0.1) is 0 Å². The smallest absolute Gasteiger partial charge is 0.123 e. The fourth-order valence-corrected chi connectivity index (χ4v) is 2.48. The number of methoxy groups -OCH3 is 1. The van der Waals surface area contributed by atoms with E-state index in [1.54, 1.807) is 19.2 Å². The number of nitrogens with one attached hydrogen (secondary N) is 1. The number of halogens is 1. The van der Waals surface area contributed by atoms with Gasteiger partial charge in [-0.1, -0.05) is 25.1 Å². The average Bonchev–Trinajstić information content (AvgIpc) is 2.49. The van der Waals surface area contributed by atoms with Crippen LogP contribution in [0.5, 0.6) is 5.75 Å². The fraction of sp³-hybridized carbons (Fsp3) is 0.333. The molecular weight excluding hydrogens is 265 g/mol. The van der Waals surface area contributed by atoms with E-state index in [-0.39, 0.29) is 11.9 Å². The van der Waals surface area contributed by atoms with E-state index in [4.69, 9.17) is 4.74 Å². The lowest BCUT2D eigenvalue weighted by atomic mass is 9.94. The Bertz CT molecular complexity index is 598. The highest BCUT2D eigenvalue weighted by Gasteiger charge is 2.16. The average molecular weight is 287 g/mol. The SMILES string of the molecule is CCCNC(c1cccc(F)c1)c1ccc(OC)cc1C. The summed E-state index contributed by atoms with van der Waals surface area (Å²) in [5.74, 6) is 0.631. The van der Waals surface area contributed by atoms with E-state index < -0.39 is 0 Å². The highest BCUT2D eigenvalue weighted by Crippen LogP contribution is 2.28. The van der Waals surface area contributed by atoms with E-state index in [1.807, 2.05) is 24.3 Å². The summed E-state index contributed by atoms with van der Waals surface area (Å²) in [6.45, 7) is 5.06. The topological polar surface area (TPSA) is 21.3 Å². The Morgan fingerprint density at radius 2 is 2.00 bits per heavy atom. The number of hydrogen-bond donors (Lipinski definition) is 1. The van der Waals surface area contributed by atoms with Crippen LogP contribution in [0.3, 0.4) is 0 Å². The van der Waals surface area contributed by atoms with Crippen molar-refractivity contribution < 1.29 is 9.13 Å². The number of ether oxygens (including phenoxy) is 1. The Morgan fingerprint density at radius 1 is 1.19 bits per heavy atom. The second-order valence-corrected chi connectivity index (χ2v) is 5.16. The third kappa shape index (κ3) is 3.82. The van der Waals surface area contributed by atoms with Crippen LogP contribution in [0.4, 0.5) is 4.39 Å². The quantitative estimate of drug-likeness (QED) is 0.858. The predicted molar refractivity (Wildman–Crippen MR) is 84.3 cm³/mol. The first kappa shape index (κ1) is 15.5. The molecule has 0 fully saturated rings. The molecule has 0 bridgehead atoms. The Balaban J connectivity index is 2.40.